The monoisotopic (exact) mass is 601 g/mol. The highest BCUT2D eigenvalue weighted by Crippen LogP contribution is 2.47. The van der Waals surface area contributed by atoms with Crippen molar-refractivity contribution in [2.45, 2.75) is 74.7 Å². The van der Waals surface area contributed by atoms with Gasteiger partial charge in [0.1, 0.15) is 12.5 Å². The number of carbonyl (C=O) groups is 1. The van der Waals surface area contributed by atoms with Crippen molar-refractivity contribution in [1.82, 2.24) is 20.1 Å². The van der Waals surface area contributed by atoms with E-state index in [0.717, 1.165) is 0 Å². The van der Waals surface area contributed by atoms with Crippen LogP contribution in [0.2, 0.25) is 0 Å². The Balaban J connectivity index is 1.18. The zero-order valence-corrected chi connectivity index (χ0v) is 23.6. The van der Waals surface area contributed by atoms with Crippen LogP contribution in [0.5, 0.6) is 0 Å². The van der Waals surface area contributed by atoms with Gasteiger partial charge in [0, 0.05) is 30.4 Å². The molecular formula is C31H32F5N5O2. The summed E-state index contributed by atoms with van der Waals surface area (Å²) < 4.78 is 79.9. The smallest absolute Gasteiger partial charge is 0.379 e. The van der Waals surface area contributed by atoms with Crippen molar-refractivity contribution in [3.05, 3.63) is 76.4 Å². The van der Waals surface area contributed by atoms with Gasteiger partial charge in [0.25, 0.3) is 5.91 Å². The molecule has 3 atom stereocenters. The third-order valence-corrected chi connectivity index (χ3v) is 9.63. The number of hydrogen-bond donors (Lipinski definition) is 1. The number of rotatable bonds is 6. The van der Waals surface area contributed by atoms with E-state index < -0.39 is 35.4 Å². The zero-order valence-electron chi connectivity index (χ0n) is 23.6. The molecule has 3 aromatic rings. The summed E-state index contributed by atoms with van der Waals surface area (Å²) in [7, 11) is 1.65. The van der Waals surface area contributed by atoms with Crippen LogP contribution in [0.3, 0.4) is 0 Å². The third kappa shape index (κ3) is 4.92. The second-order valence-electron chi connectivity index (χ2n) is 12.6. The van der Waals surface area contributed by atoms with Crippen LogP contribution in [0.4, 0.5) is 27.6 Å². The summed E-state index contributed by atoms with van der Waals surface area (Å²) in [5, 5.41) is 11.1. The molecule has 43 heavy (non-hydrogen) atoms. The number of carbonyl (C=O) groups excluding carboxylic acids is 1. The van der Waals surface area contributed by atoms with Crippen molar-refractivity contribution in [2.24, 2.45) is 13.0 Å². The average Bonchev–Trinajstić information content (AvgIpc) is 3.49. The number of anilines is 1. The fourth-order valence-electron chi connectivity index (χ4n) is 7.49. The number of halogens is 5. The van der Waals surface area contributed by atoms with E-state index in [-0.39, 0.29) is 54.7 Å². The molecule has 4 aliphatic rings. The molecule has 0 saturated carbocycles. The van der Waals surface area contributed by atoms with Gasteiger partial charge >= 0.3 is 6.18 Å². The minimum Gasteiger partial charge on any atom is -0.379 e. The first kappa shape index (κ1) is 28.4. The molecule has 2 unspecified atom stereocenters. The van der Waals surface area contributed by atoms with Crippen molar-refractivity contribution in [2.75, 3.05) is 18.1 Å². The molecule has 2 bridgehead atoms. The van der Waals surface area contributed by atoms with E-state index in [1.54, 1.807) is 37.4 Å². The Morgan fingerprint density at radius 3 is 2.49 bits per heavy atom. The molecule has 1 amide bonds. The molecule has 0 aliphatic carbocycles. The molecule has 2 aromatic carbocycles. The summed E-state index contributed by atoms with van der Waals surface area (Å²) in [6.07, 6.45) is -2.99. The maximum atomic E-state index is 15.9. The second kappa shape index (κ2) is 10.4. The fraction of sp³-hybridized carbons (Fsp3) is 0.516. The summed E-state index contributed by atoms with van der Waals surface area (Å²) in [6.45, 7) is -0.0663. The highest BCUT2D eigenvalue weighted by molar-refractivity contribution is 6.10. The van der Waals surface area contributed by atoms with Gasteiger partial charge in [-0.2, -0.15) is 13.2 Å². The number of hydrogen-bond acceptors (Lipinski definition) is 5. The van der Waals surface area contributed by atoms with Crippen molar-refractivity contribution in [1.29, 1.82) is 0 Å². The first-order chi connectivity index (χ1) is 20.5. The van der Waals surface area contributed by atoms with Crippen molar-refractivity contribution >= 4 is 11.6 Å². The molecule has 7 rings (SSSR count). The molecular weight excluding hydrogens is 569 g/mol. The Kier molecular flexibility index (Phi) is 6.84. The van der Waals surface area contributed by atoms with Crippen LogP contribution in [-0.4, -0.2) is 52.1 Å². The van der Waals surface area contributed by atoms with E-state index in [4.69, 9.17) is 4.74 Å². The Bertz CT molecular complexity index is 1540. The molecule has 3 saturated heterocycles. The molecule has 0 spiro atoms. The maximum Gasteiger partial charge on any atom is 0.416 e. The van der Waals surface area contributed by atoms with Gasteiger partial charge in [-0.1, -0.05) is 12.1 Å². The normalized spacial score (nSPS) is 27.1. The molecule has 12 heteroatoms. The number of nitrogens with one attached hydrogen (secondary N) is 1. The highest BCUT2D eigenvalue weighted by atomic mass is 19.4. The van der Waals surface area contributed by atoms with E-state index >= 15 is 4.39 Å². The topological polar surface area (TPSA) is 72.3 Å². The summed E-state index contributed by atoms with van der Waals surface area (Å²) in [5.41, 5.74) is -0.468. The number of ether oxygens (including phenoxy) is 1. The highest BCUT2D eigenvalue weighted by Gasteiger charge is 2.51. The number of piperidine rings is 2. The van der Waals surface area contributed by atoms with E-state index in [1.807, 2.05) is 0 Å². The minimum absolute atomic E-state index is 0.0235. The molecule has 228 valence electrons. The van der Waals surface area contributed by atoms with Gasteiger partial charge in [0.05, 0.1) is 30.7 Å². The van der Waals surface area contributed by atoms with Gasteiger partial charge < -0.3 is 19.5 Å². The zero-order chi connectivity index (χ0) is 30.1. The van der Waals surface area contributed by atoms with Crippen molar-refractivity contribution in [3.8, 4) is 0 Å². The summed E-state index contributed by atoms with van der Waals surface area (Å²) >= 11 is 0. The number of nitrogens with zero attached hydrogens (tertiary/aromatic N) is 4. The van der Waals surface area contributed by atoms with Crippen LogP contribution < -0.4 is 10.2 Å². The first-order valence-corrected chi connectivity index (χ1v) is 14.6. The third-order valence-electron chi connectivity index (χ3n) is 9.63. The average molecular weight is 602 g/mol. The maximum absolute atomic E-state index is 15.9. The summed E-state index contributed by atoms with van der Waals surface area (Å²) in [6, 6.07) is 9.55. The van der Waals surface area contributed by atoms with Gasteiger partial charge in [0.2, 0.25) is 0 Å². The van der Waals surface area contributed by atoms with Gasteiger partial charge in [-0.25, -0.2) is 8.78 Å². The Labute approximate surface area is 245 Å². The Hall–Kier alpha value is -3.38. The minimum atomic E-state index is -4.64. The van der Waals surface area contributed by atoms with Crippen LogP contribution in [0, 0.1) is 5.92 Å². The predicted molar refractivity (Wildman–Crippen MR) is 147 cm³/mol. The molecule has 3 fully saturated rings. The molecule has 0 radical (unpaired) electrons. The lowest BCUT2D eigenvalue weighted by Gasteiger charge is -2.43. The Morgan fingerprint density at radius 2 is 1.86 bits per heavy atom. The summed E-state index contributed by atoms with van der Waals surface area (Å²) in [4.78, 5) is 15.0. The van der Waals surface area contributed by atoms with Crippen LogP contribution in [0.25, 0.3) is 0 Å². The second-order valence-corrected chi connectivity index (χ2v) is 12.6. The fourth-order valence-corrected chi connectivity index (χ4v) is 7.49. The lowest BCUT2D eigenvalue weighted by Crippen LogP contribution is -2.52. The molecule has 7 nitrogen and oxygen atoms in total. The number of aromatic nitrogens is 3. The summed E-state index contributed by atoms with van der Waals surface area (Å²) in [5.74, 6) is -0.274. The first-order valence-electron chi connectivity index (χ1n) is 14.6. The standard InChI is InChI=1S/C31H32F5N5O2/c1-40-16-37-39-28(40)27(33)30(14-43-15-30)19-3-2-4-23(10-19)41-13-25-24(29(41)42)8-18(9-26(25)31(34,35)36)5-17-6-21-11-20(32)12-22(7-17)38-21/h2-4,8-10,16-17,20-22,27,38H,5-7,11-15H2,1H3/t17?,20?,21?,22?,27-/m0/s1. The van der Waals surface area contributed by atoms with Crippen molar-refractivity contribution < 1.29 is 31.5 Å². The van der Waals surface area contributed by atoms with Crippen LogP contribution in [-0.2, 0) is 36.3 Å². The van der Waals surface area contributed by atoms with Gasteiger partial charge in [-0.15, -0.1) is 10.2 Å². The van der Waals surface area contributed by atoms with E-state index in [0.29, 0.717) is 48.9 Å². The molecule has 4 aliphatic heterocycles. The number of alkyl halides is 5. The predicted octanol–water partition coefficient (Wildman–Crippen LogP) is 5.38. The number of benzene rings is 2. The number of amides is 1. The quantitative estimate of drug-likeness (QED) is 0.384. The Morgan fingerprint density at radius 1 is 1.12 bits per heavy atom. The lowest BCUT2D eigenvalue weighted by molar-refractivity contribution is -0.138. The molecule has 5 heterocycles. The van der Waals surface area contributed by atoms with Crippen LogP contribution in [0.1, 0.15) is 70.3 Å². The van der Waals surface area contributed by atoms with Gasteiger partial charge in [0.15, 0.2) is 12.0 Å². The SMILES string of the molecule is Cn1cnnc1[C@H](F)C1(c2cccc(N3Cc4c(cc(CC5CC6CC(F)CC(C5)N6)cc4C(F)(F)F)C3=O)c2)COC1. The largest absolute Gasteiger partial charge is 0.416 e. The number of fused-ring (bicyclic) bond motifs is 3. The van der Waals surface area contributed by atoms with E-state index in [1.165, 1.54) is 21.9 Å². The van der Waals surface area contributed by atoms with Gasteiger partial charge in [-0.3, -0.25) is 4.79 Å². The van der Waals surface area contributed by atoms with E-state index in [9.17, 15) is 22.4 Å². The number of aryl methyl sites for hydroxylation is 1. The van der Waals surface area contributed by atoms with E-state index in [2.05, 4.69) is 15.5 Å². The molecule has 1 N–H and O–H groups in total. The lowest BCUT2D eigenvalue weighted by atomic mass is 9.74. The van der Waals surface area contributed by atoms with Crippen LogP contribution in [0.15, 0.2) is 42.7 Å². The van der Waals surface area contributed by atoms with Crippen molar-refractivity contribution in [3.63, 3.8) is 0 Å². The van der Waals surface area contributed by atoms with Gasteiger partial charge in [-0.05, 0) is 79.0 Å². The molecule has 1 aromatic heterocycles. The van der Waals surface area contributed by atoms with Crippen LogP contribution >= 0.6 is 0 Å².